The van der Waals surface area contributed by atoms with Crippen molar-refractivity contribution in [2.45, 2.75) is 6.54 Å². The van der Waals surface area contributed by atoms with Crippen molar-refractivity contribution in [3.8, 4) is 0 Å². The summed E-state index contributed by atoms with van der Waals surface area (Å²) in [4.78, 5) is 18.7. The fourth-order valence-electron chi connectivity index (χ4n) is 2.51. The number of pyridine rings is 1. The Kier molecular flexibility index (Phi) is 4.83. The standard InChI is InChI=1S/C17H18FN3O2/c18-15-5-3-13(4-6-15)17(22)20-12-14-2-1-7-19-16(14)21-8-10-23-11-9-21/h1-7H,8-12H2,(H,20,22). The number of nitrogens with one attached hydrogen (secondary N) is 1. The largest absolute Gasteiger partial charge is 0.378 e. The van der Waals surface area contributed by atoms with Gasteiger partial charge in [-0.3, -0.25) is 4.79 Å². The van der Waals surface area contributed by atoms with Gasteiger partial charge in [0.1, 0.15) is 11.6 Å². The van der Waals surface area contributed by atoms with Crippen molar-refractivity contribution in [2.24, 2.45) is 0 Å². The first-order valence-electron chi connectivity index (χ1n) is 7.54. The maximum Gasteiger partial charge on any atom is 0.251 e. The van der Waals surface area contributed by atoms with Crippen molar-refractivity contribution < 1.29 is 13.9 Å². The molecule has 0 atom stereocenters. The highest BCUT2D eigenvalue weighted by atomic mass is 19.1. The highest BCUT2D eigenvalue weighted by molar-refractivity contribution is 5.94. The minimum atomic E-state index is -0.358. The lowest BCUT2D eigenvalue weighted by Gasteiger charge is -2.29. The van der Waals surface area contributed by atoms with Crippen LogP contribution >= 0.6 is 0 Å². The van der Waals surface area contributed by atoms with E-state index in [-0.39, 0.29) is 11.7 Å². The van der Waals surface area contributed by atoms with Gasteiger partial charge in [0.2, 0.25) is 0 Å². The molecule has 2 heterocycles. The van der Waals surface area contributed by atoms with Gasteiger partial charge in [-0.15, -0.1) is 0 Å². The number of ether oxygens (including phenoxy) is 1. The zero-order valence-corrected chi connectivity index (χ0v) is 12.7. The second kappa shape index (κ2) is 7.19. The van der Waals surface area contributed by atoms with Crippen LogP contribution in [0.15, 0.2) is 42.6 Å². The highest BCUT2D eigenvalue weighted by Gasteiger charge is 2.16. The quantitative estimate of drug-likeness (QED) is 0.937. The molecule has 1 N–H and O–H groups in total. The Morgan fingerprint density at radius 2 is 1.96 bits per heavy atom. The van der Waals surface area contributed by atoms with E-state index in [1.807, 2.05) is 12.1 Å². The second-order valence-corrected chi connectivity index (χ2v) is 5.28. The zero-order valence-electron chi connectivity index (χ0n) is 12.7. The van der Waals surface area contributed by atoms with Crippen LogP contribution in [0.4, 0.5) is 10.2 Å². The van der Waals surface area contributed by atoms with E-state index in [0.29, 0.717) is 25.3 Å². The number of morpholine rings is 1. The number of carbonyl (C=O) groups excluding carboxylic acids is 1. The van der Waals surface area contributed by atoms with Gasteiger partial charge in [-0.1, -0.05) is 6.07 Å². The van der Waals surface area contributed by atoms with E-state index in [2.05, 4.69) is 15.2 Å². The molecular formula is C17H18FN3O2. The van der Waals surface area contributed by atoms with Gasteiger partial charge in [0.05, 0.1) is 13.2 Å². The summed E-state index contributed by atoms with van der Waals surface area (Å²) in [6.07, 6.45) is 1.75. The summed E-state index contributed by atoms with van der Waals surface area (Å²) in [5.41, 5.74) is 1.38. The Morgan fingerprint density at radius 3 is 2.70 bits per heavy atom. The van der Waals surface area contributed by atoms with Crippen molar-refractivity contribution in [1.82, 2.24) is 10.3 Å². The molecule has 0 saturated carbocycles. The monoisotopic (exact) mass is 315 g/mol. The minimum absolute atomic E-state index is 0.234. The summed E-state index contributed by atoms with van der Waals surface area (Å²) in [6, 6.07) is 9.29. The Labute approximate surface area is 134 Å². The molecule has 120 valence electrons. The van der Waals surface area contributed by atoms with Crippen LogP contribution in [-0.4, -0.2) is 37.2 Å². The van der Waals surface area contributed by atoms with E-state index in [9.17, 15) is 9.18 Å². The summed E-state index contributed by atoms with van der Waals surface area (Å²) in [5.74, 6) is 0.278. The van der Waals surface area contributed by atoms with Gasteiger partial charge in [0.15, 0.2) is 0 Å². The van der Waals surface area contributed by atoms with Gasteiger partial charge in [-0.05, 0) is 30.3 Å². The average molecular weight is 315 g/mol. The average Bonchev–Trinajstić information content (AvgIpc) is 2.61. The molecule has 1 saturated heterocycles. The number of carbonyl (C=O) groups is 1. The fraction of sp³-hybridized carbons (Fsp3) is 0.294. The lowest BCUT2D eigenvalue weighted by Crippen LogP contribution is -2.37. The second-order valence-electron chi connectivity index (χ2n) is 5.28. The molecule has 3 rings (SSSR count). The molecule has 0 spiro atoms. The Balaban J connectivity index is 1.68. The number of halogens is 1. The molecule has 5 nitrogen and oxygen atoms in total. The van der Waals surface area contributed by atoms with Gasteiger partial charge in [-0.2, -0.15) is 0 Å². The van der Waals surface area contributed by atoms with Crippen LogP contribution in [0.2, 0.25) is 0 Å². The van der Waals surface area contributed by atoms with E-state index in [1.165, 1.54) is 24.3 Å². The van der Waals surface area contributed by atoms with Crippen LogP contribution in [0.3, 0.4) is 0 Å². The van der Waals surface area contributed by atoms with Crippen LogP contribution < -0.4 is 10.2 Å². The van der Waals surface area contributed by atoms with E-state index < -0.39 is 0 Å². The molecule has 1 amide bonds. The lowest BCUT2D eigenvalue weighted by atomic mass is 10.2. The molecule has 0 aliphatic carbocycles. The third kappa shape index (κ3) is 3.84. The molecule has 1 aromatic carbocycles. The fourth-order valence-corrected chi connectivity index (χ4v) is 2.51. The van der Waals surface area contributed by atoms with Gasteiger partial charge in [-0.25, -0.2) is 9.37 Å². The zero-order chi connectivity index (χ0) is 16.1. The SMILES string of the molecule is O=C(NCc1cccnc1N1CCOCC1)c1ccc(F)cc1. The Bertz CT molecular complexity index is 670. The van der Waals surface area contributed by atoms with Crippen LogP contribution in [0.1, 0.15) is 15.9 Å². The summed E-state index contributed by atoms with van der Waals surface area (Å²) in [7, 11) is 0. The van der Waals surface area contributed by atoms with E-state index in [0.717, 1.165) is 24.5 Å². The predicted molar refractivity (Wildman–Crippen MR) is 84.8 cm³/mol. The topological polar surface area (TPSA) is 54.5 Å². The molecule has 6 heteroatoms. The molecule has 0 radical (unpaired) electrons. The van der Waals surface area contributed by atoms with Crippen molar-refractivity contribution >= 4 is 11.7 Å². The Hall–Kier alpha value is -2.47. The maximum atomic E-state index is 12.9. The van der Waals surface area contributed by atoms with Gasteiger partial charge in [0, 0.05) is 37.0 Å². The summed E-state index contributed by atoms with van der Waals surface area (Å²) >= 11 is 0. The minimum Gasteiger partial charge on any atom is -0.378 e. The van der Waals surface area contributed by atoms with Gasteiger partial charge < -0.3 is 15.0 Å². The van der Waals surface area contributed by atoms with Crippen LogP contribution in [-0.2, 0) is 11.3 Å². The number of benzene rings is 1. The molecule has 23 heavy (non-hydrogen) atoms. The summed E-state index contributed by atoms with van der Waals surface area (Å²) in [5, 5.41) is 2.85. The van der Waals surface area contributed by atoms with Crippen molar-refractivity contribution in [3.05, 3.63) is 59.5 Å². The first-order valence-corrected chi connectivity index (χ1v) is 7.54. The number of aromatic nitrogens is 1. The van der Waals surface area contributed by atoms with E-state index >= 15 is 0 Å². The molecule has 1 fully saturated rings. The molecule has 1 aliphatic rings. The predicted octanol–water partition coefficient (Wildman–Crippen LogP) is 1.99. The first kappa shape index (κ1) is 15.4. The lowest BCUT2D eigenvalue weighted by molar-refractivity contribution is 0.0950. The molecule has 0 unspecified atom stereocenters. The summed E-state index contributed by atoms with van der Waals surface area (Å²) < 4.78 is 18.3. The number of hydrogen-bond donors (Lipinski definition) is 1. The van der Waals surface area contributed by atoms with Crippen molar-refractivity contribution in [2.75, 3.05) is 31.2 Å². The number of anilines is 1. The number of nitrogens with zero attached hydrogens (tertiary/aromatic N) is 2. The van der Waals surface area contributed by atoms with E-state index in [1.54, 1.807) is 6.20 Å². The molecule has 2 aromatic rings. The van der Waals surface area contributed by atoms with Gasteiger partial charge in [0.25, 0.3) is 5.91 Å². The number of amides is 1. The molecular weight excluding hydrogens is 297 g/mol. The highest BCUT2D eigenvalue weighted by Crippen LogP contribution is 2.18. The summed E-state index contributed by atoms with van der Waals surface area (Å²) in [6.45, 7) is 3.30. The number of rotatable bonds is 4. The van der Waals surface area contributed by atoms with Crippen LogP contribution in [0.5, 0.6) is 0 Å². The van der Waals surface area contributed by atoms with Crippen molar-refractivity contribution in [1.29, 1.82) is 0 Å². The maximum absolute atomic E-state index is 12.9. The van der Waals surface area contributed by atoms with E-state index in [4.69, 9.17) is 4.74 Å². The smallest absolute Gasteiger partial charge is 0.251 e. The third-order valence-corrected chi connectivity index (χ3v) is 3.72. The first-order chi connectivity index (χ1) is 11.2. The van der Waals surface area contributed by atoms with Crippen LogP contribution in [0.25, 0.3) is 0 Å². The molecule has 1 aliphatic heterocycles. The normalized spacial score (nSPS) is 14.6. The third-order valence-electron chi connectivity index (χ3n) is 3.72. The molecule has 1 aromatic heterocycles. The Morgan fingerprint density at radius 1 is 1.22 bits per heavy atom. The van der Waals surface area contributed by atoms with Crippen molar-refractivity contribution in [3.63, 3.8) is 0 Å². The van der Waals surface area contributed by atoms with Gasteiger partial charge >= 0.3 is 0 Å². The van der Waals surface area contributed by atoms with Crippen LogP contribution in [0, 0.1) is 5.82 Å². The molecule has 0 bridgehead atoms. The number of hydrogen-bond acceptors (Lipinski definition) is 4.